The lowest BCUT2D eigenvalue weighted by Crippen LogP contribution is -2.35. The molecule has 0 spiro atoms. The number of nitrogens with one attached hydrogen (secondary N) is 1. The van der Waals surface area contributed by atoms with E-state index in [0.717, 1.165) is 12.6 Å². The van der Waals surface area contributed by atoms with E-state index in [-0.39, 0.29) is 0 Å². The van der Waals surface area contributed by atoms with Gasteiger partial charge in [-0.05, 0) is 38.7 Å². The predicted molar refractivity (Wildman–Crippen MR) is 61.2 cm³/mol. The highest BCUT2D eigenvalue weighted by Gasteiger charge is 2.04. The van der Waals surface area contributed by atoms with Crippen molar-refractivity contribution in [2.24, 2.45) is 0 Å². The molecule has 0 aromatic heterocycles. The third-order valence-electron chi connectivity index (χ3n) is 2.57. The van der Waals surface area contributed by atoms with Crippen LogP contribution in [0.5, 0.6) is 0 Å². The lowest BCUT2D eigenvalue weighted by molar-refractivity contribution is 0.302. The molecule has 1 aromatic rings. The summed E-state index contributed by atoms with van der Waals surface area (Å²) >= 11 is 0. The van der Waals surface area contributed by atoms with E-state index in [2.05, 4.69) is 17.1 Å². The SMILES string of the molecule is CC(CNCc1cc(F)cc(F)c1)N(C)C. The Morgan fingerprint density at radius 2 is 1.75 bits per heavy atom. The number of benzene rings is 1. The fourth-order valence-corrected chi connectivity index (χ4v) is 1.32. The molecular weight excluding hydrogens is 210 g/mol. The van der Waals surface area contributed by atoms with Crippen LogP contribution in [0.1, 0.15) is 12.5 Å². The first kappa shape index (κ1) is 13.1. The van der Waals surface area contributed by atoms with E-state index in [0.29, 0.717) is 18.2 Å². The van der Waals surface area contributed by atoms with Crippen LogP contribution >= 0.6 is 0 Å². The first-order valence-corrected chi connectivity index (χ1v) is 5.31. The van der Waals surface area contributed by atoms with Crippen molar-refractivity contribution in [2.45, 2.75) is 19.5 Å². The van der Waals surface area contributed by atoms with E-state index in [1.807, 2.05) is 14.1 Å². The minimum absolute atomic E-state index is 0.387. The van der Waals surface area contributed by atoms with Gasteiger partial charge in [0.2, 0.25) is 0 Å². The van der Waals surface area contributed by atoms with Crippen molar-refractivity contribution >= 4 is 0 Å². The van der Waals surface area contributed by atoms with Crippen LogP contribution in [-0.4, -0.2) is 31.6 Å². The molecular formula is C12H18F2N2. The maximum atomic E-state index is 12.9. The number of hydrogen-bond donors (Lipinski definition) is 1. The molecule has 0 aliphatic rings. The van der Waals surface area contributed by atoms with E-state index < -0.39 is 11.6 Å². The Bertz CT molecular complexity index is 320. The van der Waals surface area contributed by atoms with E-state index in [9.17, 15) is 8.78 Å². The number of rotatable bonds is 5. The zero-order valence-corrected chi connectivity index (χ0v) is 9.93. The van der Waals surface area contributed by atoms with Gasteiger partial charge in [0.1, 0.15) is 11.6 Å². The van der Waals surface area contributed by atoms with Crippen LogP contribution in [-0.2, 0) is 6.54 Å². The Labute approximate surface area is 95.3 Å². The van der Waals surface area contributed by atoms with Gasteiger partial charge in [-0.15, -0.1) is 0 Å². The van der Waals surface area contributed by atoms with Crippen LogP contribution in [0.25, 0.3) is 0 Å². The summed E-state index contributed by atoms with van der Waals surface area (Å²) in [6, 6.07) is 3.96. The normalized spacial score (nSPS) is 13.1. The van der Waals surface area contributed by atoms with Gasteiger partial charge in [-0.2, -0.15) is 0 Å². The van der Waals surface area contributed by atoms with Gasteiger partial charge in [0.25, 0.3) is 0 Å². The molecule has 4 heteroatoms. The molecule has 16 heavy (non-hydrogen) atoms. The highest BCUT2D eigenvalue weighted by atomic mass is 19.1. The van der Waals surface area contributed by atoms with Crippen LogP contribution in [0.2, 0.25) is 0 Å². The minimum Gasteiger partial charge on any atom is -0.311 e. The summed E-state index contributed by atoms with van der Waals surface area (Å²) in [5, 5.41) is 3.16. The van der Waals surface area contributed by atoms with Gasteiger partial charge >= 0.3 is 0 Å². The molecule has 0 radical (unpaired) electrons. The first-order valence-electron chi connectivity index (χ1n) is 5.31. The quantitative estimate of drug-likeness (QED) is 0.829. The van der Waals surface area contributed by atoms with Gasteiger partial charge in [-0.25, -0.2) is 8.78 Å². The monoisotopic (exact) mass is 228 g/mol. The summed E-state index contributed by atoms with van der Waals surface area (Å²) in [5.74, 6) is -1.06. The van der Waals surface area contributed by atoms with Crippen LogP contribution in [0.3, 0.4) is 0 Å². The third kappa shape index (κ3) is 4.24. The average Bonchev–Trinajstić information content (AvgIpc) is 2.15. The summed E-state index contributed by atoms with van der Waals surface area (Å²) in [6.07, 6.45) is 0. The molecule has 1 N–H and O–H groups in total. The fraction of sp³-hybridized carbons (Fsp3) is 0.500. The second kappa shape index (κ2) is 5.92. The second-order valence-electron chi connectivity index (χ2n) is 4.22. The molecule has 1 unspecified atom stereocenters. The van der Waals surface area contributed by atoms with Crippen molar-refractivity contribution in [3.63, 3.8) is 0 Å². The Morgan fingerprint density at radius 1 is 1.19 bits per heavy atom. The lowest BCUT2D eigenvalue weighted by Gasteiger charge is -2.20. The second-order valence-corrected chi connectivity index (χ2v) is 4.22. The zero-order valence-electron chi connectivity index (χ0n) is 9.93. The van der Waals surface area contributed by atoms with Gasteiger partial charge < -0.3 is 10.2 Å². The molecule has 1 rings (SSSR count). The Hall–Kier alpha value is -1.00. The van der Waals surface area contributed by atoms with Gasteiger partial charge in [0.15, 0.2) is 0 Å². The third-order valence-corrected chi connectivity index (χ3v) is 2.57. The maximum absolute atomic E-state index is 12.9. The highest BCUT2D eigenvalue weighted by molar-refractivity contribution is 5.17. The summed E-state index contributed by atoms with van der Waals surface area (Å²) in [7, 11) is 3.99. The molecule has 90 valence electrons. The molecule has 1 aromatic carbocycles. The highest BCUT2D eigenvalue weighted by Crippen LogP contribution is 2.07. The van der Waals surface area contributed by atoms with Crippen LogP contribution in [0.15, 0.2) is 18.2 Å². The number of nitrogens with zero attached hydrogens (tertiary/aromatic N) is 1. The summed E-state index contributed by atoms with van der Waals surface area (Å²) in [4.78, 5) is 2.08. The molecule has 0 aliphatic heterocycles. The maximum Gasteiger partial charge on any atom is 0.126 e. The summed E-state index contributed by atoms with van der Waals surface area (Å²) in [6.45, 7) is 3.34. The Morgan fingerprint density at radius 3 is 2.25 bits per heavy atom. The van der Waals surface area contributed by atoms with Gasteiger partial charge in [0, 0.05) is 25.2 Å². The zero-order chi connectivity index (χ0) is 12.1. The molecule has 1 atom stereocenters. The molecule has 0 saturated carbocycles. The Kier molecular flexibility index (Phi) is 4.83. The van der Waals surface area contributed by atoms with Crippen LogP contribution in [0, 0.1) is 11.6 Å². The predicted octanol–water partition coefficient (Wildman–Crippen LogP) is 2.00. The molecule has 0 bridgehead atoms. The van der Waals surface area contributed by atoms with Crippen molar-refractivity contribution in [1.82, 2.24) is 10.2 Å². The van der Waals surface area contributed by atoms with E-state index in [4.69, 9.17) is 0 Å². The summed E-state index contributed by atoms with van der Waals surface area (Å²) < 4.78 is 25.7. The van der Waals surface area contributed by atoms with Gasteiger partial charge in [-0.1, -0.05) is 0 Å². The van der Waals surface area contributed by atoms with Crippen molar-refractivity contribution in [2.75, 3.05) is 20.6 Å². The lowest BCUT2D eigenvalue weighted by atomic mass is 10.2. The minimum atomic E-state index is -0.530. The number of likely N-dealkylation sites (N-methyl/N-ethyl adjacent to an activating group) is 1. The standard InChI is InChI=1S/C12H18F2N2/c1-9(16(2)3)7-15-8-10-4-11(13)6-12(14)5-10/h4-6,9,15H,7-8H2,1-3H3. The van der Waals surface area contributed by atoms with Gasteiger partial charge in [-0.3, -0.25) is 0 Å². The molecule has 0 aliphatic carbocycles. The summed E-state index contributed by atoms with van der Waals surface area (Å²) in [5.41, 5.74) is 0.628. The number of halogens is 2. The first-order chi connectivity index (χ1) is 7.49. The van der Waals surface area contributed by atoms with Crippen molar-refractivity contribution in [1.29, 1.82) is 0 Å². The van der Waals surface area contributed by atoms with E-state index in [1.54, 1.807) is 0 Å². The largest absolute Gasteiger partial charge is 0.311 e. The Balaban J connectivity index is 2.43. The smallest absolute Gasteiger partial charge is 0.126 e. The van der Waals surface area contributed by atoms with Gasteiger partial charge in [0.05, 0.1) is 0 Å². The molecule has 2 nitrogen and oxygen atoms in total. The van der Waals surface area contributed by atoms with Crippen molar-refractivity contribution in [3.8, 4) is 0 Å². The fourth-order valence-electron chi connectivity index (χ4n) is 1.32. The van der Waals surface area contributed by atoms with Crippen molar-refractivity contribution < 1.29 is 8.78 Å². The van der Waals surface area contributed by atoms with E-state index >= 15 is 0 Å². The molecule has 0 amide bonds. The van der Waals surface area contributed by atoms with Crippen molar-refractivity contribution in [3.05, 3.63) is 35.4 Å². The van der Waals surface area contributed by atoms with Crippen LogP contribution < -0.4 is 5.32 Å². The topological polar surface area (TPSA) is 15.3 Å². The molecule has 0 heterocycles. The molecule has 0 saturated heterocycles. The van der Waals surface area contributed by atoms with Crippen LogP contribution in [0.4, 0.5) is 8.78 Å². The average molecular weight is 228 g/mol. The molecule has 0 fully saturated rings. The van der Waals surface area contributed by atoms with E-state index in [1.165, 1.54) is 12.1 Å². The number of hydrogen-bond acceptors (Lipinski definition) is 2.